The molecule has 0 bridgehead atoms. The van der Waals surface area contributed by atoms with Crippen molar-refractivity contribution in [2.45, 2.75) is 19.8 Å². The number of nitrogens with two attached hydrogens (primary N) is 1. The van der Waals surface area contributed by atoms with Gasteiger partial charge in [0.1, 0.15) is 5.82 Å². The zero-order valence-corrected chi connectivity index (χ0v) is 12.8. The van der Waals surface area contributed by atoms with Gasteiger partial charge in [0.2, 0.25) is 0 Å². The van der Waals surface area contributed by atoms with Crippen molar-refractivity contribution in [3.05, 3.63) is 32.7 Å². The number of pyridine rings is 1. The molecule has 90 valence electrons. The van der Waals surface area contributed by atoms with Crippen LogP contribution in [0.5, 0.6) is 0 Å². The molecule has 0 amide bonds. The van der Waals surface area contributed by atoms with E-state index in [9.17, 15) is 0 Å². The van der Waals surface area contributed by atoms with Gasteiger partial charge >= 0.3 is 0 Å². The Morgan fingerprint density at radius 1 is 1.24 bits per heavy atom. The van der Waals surface area contributed by atoms with Crippen molar-refractivity contribution in [1.29, 1.82) is 0 Å². The third kappa shape index (κ3) is 2.46. The normalized spacial score (nSPS) is 11.2. The lowest BCUT2D eigenvalue weighted by Crippen LogP contribution is -2.12. The van der Waals surface area contributed by atoms with Crippen molar-refractivity contribution in [1.82, 2.24) is 4.98 Å². The summed E-state index contributed by atoms with van der Waals surface area (Å²) in [6.07, 6.45) is 0. The summed E-state index contributed by atoms with van der Waals surface area (Å²) >= 11 is 6.99. The Hall–Kier alpha value is -0.650. The van der Waals surface area contributed by atoms with E-state index >= 15 is 0 Å². The fraction of sp³-hybridized carbons (Fsp3) is 0.250. The smallest absolute Gasteiger partial charge is 0.144 e. The molecule has 0 aliphatic carbocycles. The van der Waals surface area contributed by atoms with Crippen molar-refractivity contribution in [3.63, 3.8) is 0 Å². The molecular formula is C12H13Br2N3. The van der Waals surface area contributed by atoms with Gasteiger partial charge in [-0.15, -0.1) is 0 Å². The summed E-state index contributed by atoms with van der Waals surface area (Å²) in [6, 6.07) is 6.15. The summed E-state index contributed by atoms with van der Waals surface area (Å²) < 4.78 is 1.98. The van der Waals surface area contributed by atoms with Crippen LogP contribution >= 0.6 is 31.9 Å². The predicted octanol–water partition coefficient (Wildman–Crippen LogP) is 4.17. The van der Waals surface area contributed by atoms with Gasteiger partial charge in [0.05, 0.1) is 5.52 Å². The molecule has 3 N–H and O–H groups in total. The van der Waals surface area contributed by atoms with Crippen LogP contribution in [0.2, 0.25) is 0 Å². The maximum Gasteiger partial charge on any atom is 0.144 e. The van der Waals surface area contributed by atoms with Gasteiger partial charge in [-0.2, -0.15) is 0 Å². The molecule has 17 heavy (non-hydrogen) atoms. The lowest BCUT2D eigenvalue weighted by molar-refractivity contribution is 0.862. The zero-order valence-electron chi connectivity index (χ0n) is 9.59. The summed E-state index contributed by atoms with van der Waals surface area (Å²) in [7, 11) is 0. The molecule has 0 fully saturated rings. The first-order valence-electron chi connectivity index (χ1n) is 5.29. The summed E-state index contributed by atoms with van der Waals surface area (Å²) in [5.74, 6) is 6.63. The van der Waals surface area contributed by atoms with Crippen LogP contribution in [0, 0.1) is 0 Å². The van der Waals surface area contributed by atoms with Crippen molar-refractivity contribution >= 4 is 48.6 Å². The van der Waals surface area contributed by atoms with Gasteiger partial charge < -0.3 is 5.43 Å². The second-order valence-corrected chi connectivity index (χ2v) is 5.95. The maximum absolute atomic E-state index is 5.52. The van der Waals surface area contributed by atoms with Gasteiger partial charge in [0.25, 0.3) is 0 Å². The molecule has 2 aromatic rings. The second-order valence-electron chi connectivity index (χ2n) is 4.18. The minimum Gasteiger partial charge on any atom is -0.308 e. The Bertz CT molecular complexity index is 567. The number of rotatable bonds is 2. The lowest BCUT2D eigenvalue weighted by Gasteiger charge is -2.13. The number of hydrogen-bond acceptors (Lipinski definition) is 3. The number of anilines is 1. The third-order valence-corrected chi connectivity index (χ3v) is 3.69. The first kappa shape index (κ1) is 12.8. The molecule has 5 heteroatoms. The Balaban J connectivity index is 2.78. The van der Waals surface area contributed by atoms with Crippen molar-refractivity contribution in [3.8, 4) is 0 Å². The van der Waals surface area contributed by atoms with Crippen LogP contribution in [0.25, 0.3) is 10.9 Å². The Kier molecular flexibility index (Phi) is 3.70. The average Bonchev–Trinajstić information content (AvgIpc) is 2.27. The standard InChI is InChI=1S/C12H13Br2N3/c1-6(2)9-4-7-3-8(13)5-10(14)11(7)16-12(9)17-15/h3-6H,15H2,1-2H3,(H,16,17). The van der Waals surface area contributed by atoms with E-state index in [1.165, 1.54) is 0 Å². The van der Waals surface area contributed by atoms with Crippen molar-refractivity contribution < 1.29 is 0 Å². The van der Waals surface area contributed by atoms with E-state index in [-0.39, 0.29) is 0 Å². The monoisotopic (exact) mass is 357 g/mol. The molecule has 1 heterocycles. The van der Waals surface area contributed by atoms with Crippen LogP contribution in [0.1, 0.15) is 25.3 Å². The van der Waals surface area contributed by atoms with Crippen LogP contribution < -0.4 is 11.3 Å². The molecule has 0 saturated carbocycles. The fourth-order valence-electron chi connectivity index (χ4n) is 1.78. The summed E-state index contributed by atoms with van der Waals surface area (Å²) in [4.78, 5) is 4.55. The number of hydrazine groups is 1. The first-order chi connectivity index (χ1) is 8.02. The highest BCUT2D eigenvalue weighted by atomic mass is 79.9. The van der Waals surface area contributed by atoms with Crippen LogP contribution in [0.4, 0.5) is 5.82 Å². The van der Waals surface area contributed by atoms with Gasteiger partial charge in [-0.25, -0.2) is 10.8 Å². The van der Waals surface area contributed by atoms with Crippen LogP contribution in [0.15, 0.2) is 27.1 Å². The topological polar surface area (TPSA) is 50.9 Å². The molecule has 0 aliphatic rings. The number of hydrogen-bond donors (Lipinski definition) is 2. The number of benzene rings is 1. The lowest BCUT2D eigenvalue weighted by atomic mass is 10.0. The van der Waals surface area contributed by atoms with E-state index in [2.05, 4.69) is 68.2 Å². The number of halogens is 2. The molecule has 0 saturated heterocycles. The Labute approximate surface area is 117 Å². The zero-order chi connectivity index (χ0) is 12.6. The molecule has 1 aromatic heterocycles. The highest BCUT2D eigenvalue weighted by molar-refractivity contribution is 9.11. The maximum atomic E-state index is 5.52. The van der Waals surface area contributed by atoms with E-state index in [1.807, 2.05) is 6.07 Å². The van der Waals surface area contributed by atoms with Gasteiger partial charge in [-0.1, -0.05) is 29.8 Å². The van der Waals surface area contributed by atoms with Crippen LogP contribution in [-0.2, 0) is 0 Å². The summed E-state index contributed by atoms with van der Waals surface area (Å²) in [6.45, 7) is 4.24. The van der Waals surface area contributed by atoms with Gasteiger partial charge in [0, 0.05) is 14.3 Å². The van der Waals surface area contributed by atoms with E-state index in [4.69, 9.17) is 5.84 Å². The predicted molar refractivity (Wildman–Crippen MR) is 79.0 cm³/mol. The van der Waals surface area contributed by atoms with Crippen LogP contribution in [0.3, 0.4) is 0 Å². The van der Waals surface area contributed by atoms with Gasteiger partial charge in [-0.05, 0) is 45.6 Å². The molecular weight excluding hydrogens is 346 g/mol. The van der Waals surface area contributed by atoms with Crippen molar-refractivity contribution in [2.24, 2.45) is 5.84 Å². The molecule has 0 spiro atoms. The van der Waals surface area contributed by atoms with Gasteiger partial charge in [-0.3, -0.25) is 0 Å². The number of nitrogens with zero attached hydrogens (tertiary/aromatic N) is 1. The molecule has 0 atom stereocenters. The molecule has 0 aliphatic heterocycles. The summed E-state index contributed by atoms with van der Waals surface area (Å²) in [5, 5.41) is 1.09. The molecule has 0 radical (unpaired) electrons. The molecule has 2 rings (SSSR count). The second kappa shape index (κ2) is 4.92. The van der Waals surface area contributed by atoms with E-state index in [0.29, 0.717) is 5.92 Å². The number of aromatic nitrogens is 1. The van der Waals surface area contributed by atoms with Crippen molar-refractivity contribution in [2.75, 3.05) is 5.43 Å². The van der Waals surface area contributed by atoms with Crippen LogP contribution in [-0.4, -0.2) is 4.98 Å². The largest absolute Gasteiger partial charge is 0.308 e. The molecule has 3 nitrogen and oxygen atoms in total. The highest BCUT2D eigenvalue weighted by Crippen LogP contribution is 2.32. The SMILES string of the molecule is CC(C)c1cc2cc(Br)cc(Br)c2nc1NN. The summed E-state index contributed by atoms with van der Waals surface area (Å²) in [5.41, 5.74) is 4.69. The first-order valence-corrected chi connectivity index (χ1v) is 6.88. The number of nitrogens with one attached hydrogen (secondary N) is 1. The Morgan fingerprint density at radius 2 is 1.94 bits per heavy atom. The van der Waals surface area contributed by atoms with Gasteiger partial charge in [0.15, 0.2) is 0 Å². The average molecular weight is 359 g/mol. The quantitative estimate of drug-likeness (QED) is 0.625. The fourth-order valence-corrected chi connectivity index (χ4v) is 3.13. The third-order valence-electron chi connectivity index (χ3n) is 2.62. The van der Waals surface area contributed by atoms with E-state index < -0.39 is 0 Å². The molecule has 0 unspecified atom stereocenters. The minimum absolute atomic E-state index is 0.371. The molecule has 1 aromatic carbocycles. The minimum atomic E-state index is 0.371. The number of nitrogen functional groups attached to an aromatic ring is 1. The van der Waals surface area contributed by atoms with E-state index in [0.717, 1.165) is 31.2 Å². The Morgan fingerprint density at radius 3 is 2.53 bits per heavy atom. The number of fused-ring (bicyclic) bond motifs is 1. The van der Waals surface area contributed by atoms with E-state index in [1.54, 1.807) is 0 Å². The highest BCUT2D eigenvalue weighted by Gasteiger charge is 2.11.